The Balaban J connectivity index is 3.78. The molecule has 0 heterocycles. The second-order valence-corrected chi connectivity index (χ2v) is 2.52. The largest absolute Gasteiger partial charge is 0.453 e. The Kier molecular flexibility index (Phi) is 4.61. The molecule has 0 aromatic heterocycles. The first-order valence-corrected chi connectivity index (χ1v) is 3.62. The van der Waals surface area contributed by atoms with Crippen LogP contribution in [0.5, 0.6) is 0 Å². The van der Waals surface area contributed by atoms with Crippen LogP contribution in [0, 0.1) is 0 Å². The first-order valence-electron chi connectivity index (χ1n) is 3.62. The van der Waals surface area contributed by atoms with E-state index in [1.54, 1.807) is 0 Å². The summed E-state index contributed by atoms with van der Waals surface area (Å²) in [6.07, 6.45) is 0.537. The van der Waals surface area contributed by atoms with Gasteiger partial charge in [0.2, 0.25) is 0 Å². The van der Waals surface area contributed by atoms with E-state index >= 15 is 0 Å². The lowest BCUT2D eigenvalue weighted by molar-refractivity contribution is 0.148. The van der Waals surface area contributed by atoms with Gasteiger partial charge < -0.3 is 10.1 Å². The Hall–Kier alpha value is -0.770. The summed E-state index contributed by atoms with van der Waals surface area (Å²) >= 11 is 0. The van der Waals surface area contributed by atoms with E-state index < -0.39 is 0 Å². The van der Waals surface area contributed by atoms with Gasteiger partial charge in [-0.05, 0) is 20.5 Å². The molecule has 0 spiro atoms. The summed E-state index contributed by atoms with van der Waals surface area (Å²) in [4.78, 5) is 12.7. The molecule has 1 atom stereocenters. The highest BCUT2D eigenvalue weighted by Crippen LogP contribution is 1.93. The maximum Gasteiger partial charge on any atom is 0.408 e. The molecule has 0 aliphatic rings. The normalized spacial score (nSPS) is 12.8. The van der Waals surface area contributed by atoms with Crippen LogP contribution in [0.1, 0.15) is 13.3 Å². The molecule has 4 nitrogen and oxygen atoms in total. The third-order valence-electron chi connectivity index (χ3n) is 1.48. The Morgan fingerprint density at radius 1 is 1.64 bits per heavy atom. The van der Waals surface area contributed by atoms with E-state index in [0.29, 0.717) is 0 Å². The number of nitrogens with zero attached hydrogens (tertiary/aromatic N) is 1. The molecule has 0 fully saturated rings. The van der Waals surface area contributed by atoms with Gasteiger partial charge in [-0.1, -0.05) is 6.92 Å². The molecule has 0 saturated heterocycles. The van der Waals surface area contributed by atoms with E-state index in [1.165, 1.54) is 7.11 Å². The van der Waals surface area contributed by atoms with Crippen molar-refractivity contribution in [2.24, 2.45) is 0 Å². The third-order valence-corrected chi connectivity index (χ3v) is 1.48. The van der Waals surface area contributed by atoms with Crippen molar-refractivity contribution in [3.63, 3.8) is 0 Å². The average Bonchev–Trinajstić information content (AvgIpc) is 1.99. The van der Waals surface area contributed by atoms with Crippen molar-refractivity contribution >= 4 is 6.09 Å². The Bertz CT molecular complexity index is 126. The van der Waals surface area contributed by atoms with Gasteiger partial charge in [0.05, 0.1) is 13.3 Å². The molecule has 0 aliphatic carbocycles. The van der Waals surface area contributed by atoms with Gasteiger partial charge in [0.1, 0.15) is 0 Å². The monoisotopic (exact) mass is 160 g/mol. The second-order valence-electron chi connectivity index (χ2n) is 2.52. The predicted octanol–water partition coefficient (Wildman–Crippen LogP) is 0.640. The Morgan fingerprint density at radius 2 is 2.18 bits per heavy atom. The van der Waals surface area contributed by atoms with Crippen molar-refractivity contribution in [3.05, 3.63) is 0 Å². The van der Waals surface area contributed by atoms with E-state index in [1.807, 2.05) is 25.9 Å². The standard InChI is InChI=1S/C7H16N2O2/c1-5-6(9(2)3)8-7(10)11-4/h6H,5H2,1-4H3,(H,8,10). The molecule has 0 aromatic carbocycles. The molecule has 0 aromatic rings. The first-order chi connectivity index (χ1) is 5.11. The molecule has 66 valence electrons. The summed E-state index contributed by atoms with van der Waals surface area (Å²) in [5.41, 5.74) is 0. The van der Waals surface area contributed by atoms with Crippen molar-refractivity contribution in [2.75, 3.05) is 21.2 Å². The molecule has 1 N–H and O–H groups in total. The third kappa shape index (κ3) is 3.83. The number of hydrogen-bond acceptors (Lipinski definition) is 3. The zero-order chi connectivity index (χ0) is 8.85. The fourth-order valence-electron chi connectivity index (χ4n) is 0.791. The van der Waals surface area contributed by atoms with Crippen LogP contribution < -0.4 is 5.32 Å². The van der Waals surface area contributed by atoms with Crippen LogP contribution in [0.4, 0.5) is 4.79 Å². The van der Waals surface area contributed by atoms with Crippen LogP contribution >= 0.6 is 0 Å². The zero-order valence-electron chi connectivity index (χ0n) is 7.55. The summed E-state index contributed by atoms with van der Waals surface area (Å²) in [6.45, 7) is 2.00. The van der Waals surface area contributed by atoms with Crippen molar-refractivity contribution in [1.82, 2.24) is 10.2 Å². The van der Waals surface area contributed by atoms with E-state index in [4.69, 9.17) is 0 Å². The topological polar surface area (TPSA) is 41.6 Å². The fourth-order valence-corrected chi connectivity index (χ4v) is 0.791. The quantitative estimate of drug-likeness (QED) is 0.616. The van der Waals surface area contributed by atoms with Crippen molar-refractivity contribution < 1.29 is 9.53 Å². The SMILES string of the molecule is CCC(NC(=O)OC)N(C)C. The molecule has 11 heavy (non-hydrogen) atoms. The maximum absolute atomic E-state index is 10.7. The van der Waals surface area contributed by atoms with Gasteiger partial charge in [-0.15, -0.1) is 0 Å². The van der Waals surface area contributed by atoms with Gasteiger partial charge in [0.15, 0.2) is 0 Å². The zero-order valence-corrected chi connectivity index (χ0v) is 7.55. The summed E-state index contributed by atoms with van der Waals surface area (Å²) in [6, 6.07) is 0. The molecular weight excluding hydrogens is 144 g/mol. The smallest absolute Gasteiger partial charge is 0.408 e. The number of nitrogens with one attached hydrogen (secondary N) is 1. The molecular formula is C7H16N2O2. The van der Waals surface area contributed by atoms with Gasteiger partial charge in [-0.2, -0.15) is 0 Å². The van der Waals surface area contributed by atoms with Crippen molar-refractivity contribution in [3.8, 4) is 0 Å². The molecule has 0 rings (SSSR count). The molecule has 4 heteroatoms. The van der Waals surface area contributed by atoms with Crippen LogP contribution in [0.2, 0.25) is 0 Å². The minimum absolute atomic E-state index is 0.0578. The Labute approximate surface area is 67.5 Å². The lowest BCUT2D eigenvalue weighted by atomic mass is 10.3. The lowest BCUT2D eigenvalue weighted by Gasteiger charge is -2.22. The summed E-state index contributed by atoms with van der Waals surface area (Å²) in [5, 5.41) is 2.68. The van der Waals surface area contributed by atoms with Crippen LogP contribution in [-0.4, -0.2) is 38.4 Å². The number of alkyl carbamates (subject to hydrolysis) is 1. The van der Waals surface area contributed by atoms with Gasteiger partial charge >= 0.3 is 6.09 Å². The average molecular weight is 160 g/mol. The van der Waals surface area contributed by atoms with E-state index in [0.717, 1.165) is 6.42 Å². The maximum atomic E-state index is 10.7. The first kappa shape index (κ1) is 10.2. The van der Waals surface area contributed by atoms with Crippen molar-refractivity contribution in [2.45, 2.75) is 19.5 Å². The number of methoxy groups -OCH3 is 1. The minimum atomic E-state index is -0.384. The molecule has 0 radical (unpaired) electrons. The van der Waals surface area contributed by atoms with E-state index in [-0.39, 0.29) is 12.3 Å². The van der Waals surface area contributed by atoms with E-state index in [9.17, 15) is 4.79 Å². The number of carbonyl (C=O) groups is 1. The van der Waals surface area contributed by atoms with Gasteiger partial charge in [-0.25, -0.2) is 4.79 Å². The highest BCUT2D eigenvalue weighted by molar-refractivity contribution is 5.67. The number of carbonyl (C=O) groups excluding carboxylic acids is 1. The summed E-state index contributed by atoms with van der Waals surface area (Å²) in [7, 11) is 5.17. The molecule has 0 bridgehead atoms. The predicted molar refractivity (Wildman–Crippen MR) is 43.3 cm³/mol. The number of hydrogen-bond donors (Lipinski definition) is 1. The second kappa shape index (κ2) is 4.96. The highest BCUT2D eigenvalue weighted by atomic mass is 16.5. The molecule has 1 amide bonds. The van der Waals surface area contributed by atoms with Crippen LogP contribution in [0.15, 0.2) is 0 Å². The van der Waals surface area contributed by atoms with Crippen LogP contribution in [-0.2, 0) is 4.74 Å². The van der Waals surface area contributed by atoms with Gasteiger partial charge in [0, 0.05) is 0 Å². The number of amides is 1. The summed E-state index contributed by atoms with van der Waals surface area (Å²) < 4.78 is 4.46. The van der Waals surface area contributed by atoms with E-state index in [2.05, 4.69) is 10.1 Å². The molecule has 0 saturated carbocycles. The fraction of sp³-hybridized carbons (Fsp3) is 0.857. The van der Waals surface area contributed by atoms with Gasteiger partial charge in [-0.3, -0.25) is 4.90 Å². The van der Waals surface area contributed by atoms with Crippen LogP contribution in [0.3, 0.4) is 0 Å². The van der Waals surface area contributed by atoms with Gasteiger partial charge in [0.25, 0.3) is 0 Å². The molecule has 0 aliphatic heterocycles. The number of ether oxygens (including phenoxy) is 1. The van der Waals surface area contributed by atoms with Crippen LogP contribution in [0.25, 0.3) is 0 Å². The number of rotatable bonds is 3. The van der Waals surface area contributed by atoms with Crippen molar-refractivity contribution in [1.29, 1.82) is 0 Å². The molecule has 1 unspecified atom stereocenters. The minimum Gasteiger partial charge on any atom is -0.453 e. The summed E-state index contributed by atoms with van der Waals surface area (Å²) in [5.74, 6) is 0. The Morgan fingerprint density at radius 3 is 2.45 bits per heavy atom. The highest BCUT2D eigenvalue weighted by Gasteiger charge is 2.10. The lowest BCUT2D eigenvalue weighted by Crippen LogP contribution is -2.44.